The Kier molecular flexibility index (Phi) is 5.57. The van der Waals surface area contributed by atoms with Gasteiger partial charge in [0.1, 0.15) is 5.69 Å². The number of benzene rings is 1. The highest BCUT2D eigenvalue weighted by atomic mass is 35.5. The summed E-state index contributed by atoms with van der Waals surface area (Å²) < 4.78 is 0. The lowest BCUT2D eigenvalue weighted by molar-refractivity contribution is 0.0676. The van der Waals surface area contributed by atoms with Gasteiger partial charge in [0.25, 0.3) is 5.91 Å². The normalized spacial score (nSPS) is 11.0. The summed E-state index contributed by atoms with van der Waals surface area (Å²) in [6.45, 7) is 4.74. The monoisotopic (exact) mass is 304 g/mol. The third kappa shape index (κ3) is 3.53. The summed E-state index contributed by atoms with van der Waals surface area (Å²) in [6.07, 6.45) is 1.85. The molecule has 0 atom stereocenters. The van der Waals surface area contributed by atoms with Gasteiger partial charge in [-0.05, 0) is 25.0 Å². The molecule has 0 saturated carbocycles. The van der Waals surface area contributed by atoms with Crippen LogP contribution in [-0.4, -0.2) is 34.3 Å². The van der Waals surface area contributed by atoms with Crippen LogP contribution >= 0.6 is 11.6 Å². The second-order valence-electron chi connectivity index (χ2n) is 5.05. The third-order valence-electron chi connectivity index (χ3n) is 3.79. The van der Waals surface area contributed by atoms with E-state index in [2.05, 4.69) is 18.8 Å². The molecule has 1 amide bonds. The molecule has 3 nitrogen and oxygen atoms in total. The average Bonchev–Trinajstić information content (AvgIpc) is 2.54. The fourth-order valence-electron chi connectivity index (χ4n) is 2.60. The molecule has 0 N–H and O–H groups in total. The first-order valence-corrected chi connectivity index (χ1v) is 7.97. The van der Waals surface area contributed by atoms with Crippen molar-refractivity contribution in [2.45, 2.75) is 32.7 Å². The van der Waals surface area contributed by atoms with E-state index in [1.807, 2.05) is 35.2 Å². The number of pyridine rings is 1. The van der Waals surface area contributed by atoms with Crippen molar-refractivity contribution in [2.75, 3.05) is 12.4 Å². The lowest BCUT2D eigenvalue weighted by atomic mass is 10.1. The molecule has 2 rings (SSSR count). The number of hydrogen-bond donors (Lipinski definition) is 0. The topological polar surface area (TPSA) is 33.2 Å². The largest absolute Gasteiger partial charge is 0.333 e. The molecule has 0 unspecified atom stereocenters. The van der Waals surface area contributed by atoms with E-state index in [0.717, 1.165) is 23.7 Å². The van der Waals surface area contributed by atoms with E-state index in [9.17, 15) is 4.79 Å². The molecule has 0 aliphatic rings. The predicted octanol–water partition coefficient (Wildman–Crippen LogP) is 4.10. The Morgan fingerprint density at radius 2 is 1.90 bits per heavy atom. The van der Waals surface area contributed by atoms with Gasteiger partial charge in [0.2, 0.25) is 0 Å². The maximum absolute atomic E-state index is 12.7. The number of halogens is 1. The van der Waals surface area contributed by atoms with Gasteiger partial charge in [0.05, 0.1) is 5.52 Å². The smallest absolute Gasteiger partial charge is 0.272 e. The van der Waals surface area contributed by atoms with Crippen LogP contribution in [0.15, 0.2) is 36.4 Å². The van der Waals surface area contributed by atoms with Gasteiger partial charge in [0, 0.05) is 23.9 Å². The van der Waals surface area contributed by atoms with E-state index in [-0.39, 0.29) is 11.9 Å². The summed E-state index contributed by atoms with van der Waals surface area (Å²) in [5.41, 5.74) is 1.34. The molecule has 1 aromatic carbocycles. The van der Waals surface area contributed by atoms with Crippen LogP contribution in [0, 0.1) is 0 Å². The molecule has 0 spiro atoms. The Balaban J connectivity index is 2.33. The zero-order valence-corrected chi connectivity index (χ0v) is 13.3. The summed E-state index contributed by atoms with van der Waals surface area (Å²) in [5.74, 6) is 0.408. The van der Waals surface area contributed by atoms with Crippen LogP contribution in [0.25, 0.3) is 10.9 Å². The van der Waals surface area contributed by atoms with Gasteiger partial charge in [-0.15, -0.1) is 11.6 Å². The van der Waals surface area contributed by atoms with Gasteiger partial charge in [0.15, 0.2) is 0 Å². The van der Waals surface area contributed by atoms with Crippen LogP contribution in [0.5, 0.6) is 0 Å². The van der Waals surface area contributed by atoms with Gasteiger partial charge >= 0.3 is 0 Å². The number of aromatic nitrogens is 1. The van der Waals surface area contributed by atoms with Crippen molar-refractivity contribution in [1.82, 2.24) is 9.88 Å². The predicted molar refractivity (Wildman–Crippen MR) is 87.9 cm³/mol. The maximum atomic E-state index is 12.7. The van der Waals surface area contributed by atoms with E-state index in [1.54, 1.807) is 6.07 Å². The van der Waals surface area contributed by atoms with Crippen LogP contribution in [0.1, 0.15) is 37.2 Å². The SMILES string of the molecule is CCC(CC)N(CCCl)C(=O)c1ccc2ccccc2n1. The number of hydrogen-bond acceptors (Lipinski definition) is 2. The van der Waals surface area contributed by atoms with Crippen molar-refractivity contribution in [1.29, 1.82) is 0 Å². The molecule has 2 aromatic rings. The third-order valence-corrected chi connectivity index (χ3v) is 3.96. The highest BCUT2D eigenvalue weighted by Crippen LogP contribution is 2.16. The van der Waals surface area contributed by atoms with Crippen molar-refractivity contribution in [3.05, 3.63) is 42.1 Å². The number of para-hydroxylation sites is 1. The summed E-state index contributed by atoms with van der Waals surface area (Å²) in [7, 11) is 0. The molecule has 0 radical (unpaired) electrons. The quantitative estimate of drug-likeness (QED) is 0.753. The minimum atomic E-state index is -0.0323. The molecule has 0 bridgehead atoms. The number of fused-ring (bicyclic) bond motifs is 1. The summed E-state index contributed by atoms with van der Waals surface area (Å²) in [4.78, 5) is 19.1. The zero-order valence-electron chi connectivity index (χ0n) is 12.6. The summed E-state index contributed by atoms with van der Waals surface area (Å²) in [5, 5.41) is 1.04. The number of carbonyl (C=O) groups excluding carboxylic acids is 1. The minimum Gasteiger partial charge on any atom is -0.333 e. The molecule has 0 aliphatic heterocycles. The Labute approximate surface area is 130 Å². The van der Waals surface area contributed by atoms with Crippen LogP contribution < -0.4 is 0 Å². The Bertz CT molecular complexity index is 611. The van der Waals surface area contributed by atoms with Crippen LogP contribution in [-0.2, 0) is 0 Å². The van der Waals surface area contributed by atoms with E-state index in [0.29, 0.717) is 18.1 Å². The molecule has 4 heteroatoms. The standard InChI is InChI=1S/C17H21ClN2O/c1-3-14(4-2)20(12-11-18)17(21)16-10-9-13-7-5-6-8-15(13)19-16/h5-10,14H,3-4,11-12H2,1-2H3. The molecule has 21 heavy (non-hydrogen) atoms. The second kappa shape index (κ2) is 7.41. The molecular weight excluding hydrogens is 284 g/mol. The van der Waals surface area contributed by atoms with Crippen molar-refractivity contribution >= 4 is 28.4 Å². The number of alkyl halides is 1. The highest BCUT2D eigenvalue weighted by molar-refractivity contribution is 6.18. The molecular formula is C17H21ClN2O. The van der Waals surface area contributed by atoms with Gasteiger partial charge in [-0.2, -0.15) is 0 Å². The van der Waals surface area contributed by atoms with Crippen molar-refractivity contribution in [2.24, 2.45) is 0 Å². The van der Waals surface area contributed by atoms with Gasteiger partial charge in [-0.3, -0.25) is 4.79 Å². The van der Waals surface area contributed by atoms with Gasteiger partial charge < -0.3 is 4.90 Å². The lowest BCUT2D eigenvalue weighted by Gasteiger charge is -2.29. The van der Waals surface area contributed by atoms with Crippen molar-refractivity contribution < 1.29 is 4.79 Å². The maximum Gasteiger partial charge on any atom is 0.272 e. The number of carbonyl (C=O) groups is 1. The molecule has 1 aromatic heterocycles. The molecule has 1 heterocycles. The van der Waals surface area contributed by atoms with Crippen molar-refractivity contribution in [3.63, 3.8) is 0 Å². The van der Waals surface area contributed by atoms with Crippen LogP contribution in [0.2, 0.25) is 0 Å². The van der Waals surface area contributed by atoms with Crippen LogP contribution in [0.4, 0.5) is 0 Å². The molecule has 0 fully saturated rings. The van der Waals surface area contributed by atoms with Gasteiger partial charge in [-0.1, -0.05) is 38.1 Å². The second-order valence-corrected chi connectivity index (χ2v) is 5.43. The fourth-order valence-corrected chi connectivity index (χ4v) is 2.78. The summed E-state index contributed by atoms with van der Waals surface area (Å²) in [6, 6.07) is 11.8. The van der Waals surface area contributed by atoms with Crippen molar-refractivity contribution in [3.8, 4) is 0 Å². The number of rotatable bonds is 6. The molecule has 112 valence electrons. The molecule has 0 aliphatic carbocycles. The number of nitrogens with zero attached hydrogens (tertiary/aromatic N) is 2. The van der Waals surface area contributed by atoms with E-state index in [1.165, 1.54) is 0 Å². The highest BCUT2D eigenvalue weighted by Gasteiger charge is 2.22. The molecule has 0 saturated heterocycles. The Morgan fingerprint density at radius 3 is 2.57 bits per heavy atom. The Hall–Kier alpha value is -1.61. The first-order valence-electron chi connectivity index (χ1n) is 7.44. The number of amides is 1. The van der Waals surface area contributed by atoms with Gasteiger partial charge in [-0.25, -0.2) is 4.98 Å². The Morgan fingerprint density at radius 1 is 1.19 bits per heavy atom. The first kappa shape index (κ1) is 15.8. The van der Waals surface area contributed by atoms with Crippen LogP contribution in [0.3, 0.4) is 0 Å². The van der Waals surface area contributed by atoms with E-state index in [4.69, 9.17) is 11.6 Å². The van der Waals surface area contributed by atoms with E-state index < -0.39 is 0 Å². The zero-order chi connectivity index (χ0) is 15.2. The first-order chi connectivity index (χ1) is 10.2. The fraction of sp³-hybridized carbons (Fsp3) is 0.412. The van der Waals surface area contributed by atoms with E-state index >= 15 is 0 Å². The average molecular weight is 305 g/mol. The summed E-state index contributed by atoms with van der Waals surface area (Å²) >= 11 is 5.87. The lowest BCUT2D eigenvalue weighted by Crippen LogP contribution is -2.41. The minimum absolute atomic E-state index is 0.0323.